The van der Waals surface area contributed by atoms with Crippen molar-refractivity contribution in [3.63, 3.8) is 0 Å². The van der Waals surface area contributed by atoms with Crippen molar-refractivity contribution in [3.05, 3.63) is 106 Å². The van der Waals surface area contributed by atoms with Gasteiger partial charge in [0.2, 0.25) is 5.78 Å². The number of nitrogens with zero attached hydrogens (tertiary/aromatic N) is 1. The second-order valence-corrected chi connectivity index (χ2v) is 5.39. The highest BCUT2D eigenvalue weighted by molar-refractivity contribution is 6.00. The van der Waals surface area contributed by atoms with Gasteiger partial charge < -0.3 is 4.74 Å². The SMILES string of the molecule is O=C(c1ccccc1)[C@@H](Oc1ccc([N+](=O)[O-])cc1)c1ccccc1. The molecule has 0 saturated carbocycles. The largest absolute Gasteiger partial charge is 0.478 e. The molecule has 3 aromatic carbocycles. The monoisotopic (exact) mass is 333 g/mol. The normalized spacial score (nSPS) is 11.5. The summed E-state index contributed by atoms with van der Waals surface area (Å²) in [5, 5.41) is 10.8. The van der Waals surface area contributed by atoms with Gasteiger partial charge >= 0.3 is 0 Å². The van der Waals surface area contributed by atoms with E-state index in [0.717, 1.165) is 5.56 Å². The van der Waals surface area contributed by atoms with E-state index < -0.39 is 11.0 Å². The van der Waals surface area contributed by atoms with E-state index >= 15 is 0 Å². The lowest BCUT2D eigenvalue weighted by Gasteiger charge is -2.18. The average Bonchev–Trinajstić information content (AvgIpc) is 2.67. The van der Waals surface area contributed by atoms with Crippen molar-refractivity contribution < 1.29 is 14.5 Å². The Hall–Kier alpha value is -3.47. The summed E-state index contributed by atoms with van der Waals surface area (Å²) in [6.45, 7) is 0. The van der Waals surface area contributed by atoms with Crippen LogP contribution in [0.1, 0.15) is 22.0 Å². The van der Waals surface area contributed by atoms with Crippen LogP contribution in [0.25, 0.3) is 0 Å². The van der Waals surface area contributed by atoms with Gasteiger partial charge in [-0.25, -0.2) is 0 Å². The van der Waals surface area contributed by atoms with Crippen LogP contribution in [0.4, 0.5) is 5.69 Å². The smallest absolute Gasteiger partial charge is 0.269 e. The Bertz CT molecular complexity index is 861. The maximum absolute atomic E-state index is 12.9. The number of nitro groups is 1. The van der Waals surface area contributed by atoms with Crippen molar-refractivity contribution in [3.8, 4) is 5.75 Å². The first-order chi connectivity index (χ1) is 12.1. The molecule has 0 aromatic heterocycles. The zero-order chi connectivity index (χ0) is 17.6. The molecule has 0 amide bonds. The first-order valence-electron chi connectivity index (χ1n) is 7.70. The van der Waals surface area contributed by atoms with E-state index in [0.29, 0.717) is 11.3 Å². The van der Waals surface area contributed by atoms with Gasteiger partial charge in [-0.15, -0.1) is 0 Å². The fourth-order valence-corrected chi connectivity index (χ4v) is 2.44. The summed E-state index contributed by atoms with van der Waals surface area (Å²) in [5.74, 6) is 0.217. The molecule has 0 spiro atoms. The fraction of sp³-hybridized carbons (Fsp3) is 0.0500. The molecular weight excluding hydrogens is 318 g/mol. The standard InChI is InChI=1S/C20H15NO4/c22-19(15-7-3-1-4-8-15)20(16-9-5-2-6-10-16)25-18-13-11-17(12-14-18)21(23)24/h1-14,20H/t20-/m0/s1. The third-order valence-corrected chi connectivity index (χ3v) is 3.70. The second-order valence-electron chi connectivity index (χ2n) is 5.39. The van der Waals surface area contributed by atoms with E-state index in [4.69, 9.17) is 4.74 Å². The number of hydrogen-bond acceptors (Lipinski definition) is 4. The highest BCUT2D eigenvalue weighted by atomic mass is 16.6. The minimum atomic E-state index is -0.829. The van der Waals surface area contributed by atoms with Crippen molar-refractivity contribution in [2.24, 2.45) is 0 Å². The quantitative estimate of drug-likeness (QED) is 0.375. The predicted octanol–water partition coefficient (Wildman–Crippen LogP) is 4.60. The second kappa shape index (κ2) is 7.40. The number of non-ortho nitro benzene ring substituents is 1. The maximum Gasteiger partial charge on any atom is 0.269 e. The van der Waals surface area contributed by atoms with Gasteiger partial charge in [-0.05, 0) is 12.1 Å². The topological polar surface area (TPSA) is 69.4 Å². The summed E-state index contributed by atoms with van der Waals surface area (Å²) in [6, 6.07) is 23.7. The van der Waals surface area contributed by atoms with Gasteiger partial charge in [-0.2, -0.15) is 0 Å². The van der Waals surface area contributed by atoms with E-state index in [1.165, 1.54) is 24.3 Å². The summed E-state index contributed by atoms with van der Waals surface area (Å²) in [4.78, 5) is 23.2. The minimum Gasteiger partial charge on any atom is -0.478 e. The fourth-order valence-electron chi connectivity index (χ4n) is 2.44. The van der Waals surface area contributed by atoms with E-state index in [1.54, 1.807) is 24.3 Å². The minimum absolute atomic E-state index is 0.0296. The van der Waals surface area contributed by atoms with E-state index in [2.05, 4.69) is 0 Å². The molecule has 5 heteroatoms. The van der Waals surface area contributed by atoms with Crippen LogP contribution in [0.2, 0.25) is 0 Å². The highest BCUT2D eigenvalue weighted by Crippen LogP contribution is 2.27. The van der Waals surface area contributed by atoms with Crippen LogP contribution in [0.3, 0.4) is 0 Å². The molecule has 124 valence electrons. The maximum atomic E-state index is 12.9. The molecular formula is C20H15NO4. The van der Waals surface area contributed by atoms with Crippen molar-refractivity contribution in [1.29, 1.82) is 0 Å². The lowest BCUT2D eigenvalue weighted by molar-refractivity contribution is -0.384. The highest BCUT2D eigenvalue weighted by Gasteiger charge is 2.24. The van der Waals surface area contributed by atoms with Crippen LogP contribution < -0.4 is 4.74 Å². The number of ketones is 1. The first-order valence-corrected chi connectivity index (χ1v) is 7.70. The Labute approximate surface area is 144 Å². The van der Waals surface area contributed by atoms with Gasteiger partial charge in [0.05, 0.1) is 4.92 Å². The Morgan fingerprint density at radius 1 is 0.840 bits per heavy atom. The molecule has 0 saturated heterocycles. The number of Topliss-reactive ketones (excluding diaryl/α,β-unsaturated/α-hetero) is 1. The zero-order valence-electron chi connectivity index (χ0n) is 13.2. The summed E-state index contributed by atoms with van der Waals surface area (Å²) in [6.07, 6.45) is -0.829. The Balaban J connectivity index is 1.92. The van der Waals surface area contributed by atoms with Crippen molar-refractivity contribution >= 4 is 11.5 Å². The molecule has 0 aliphatic heterocycles. The molecule has 3 rings (SSSR count). The summed E-state index contributed by atoms with van der Waals surface area (Å²) in [5.41, 5.74) is 1.23. The van der Waals surface area contributed by atoms with Crippen LogP contribution in [-0.2, 0) is 0 Å². The van der Waals surface area contributed by atoms with Gasteiger partial charge in [0, 0.05) is 23.3 Å². The van der Waals surface area contributed by atoms with Crippen LogP contribution in [0.5, 0.6) is 5.75 Å². The molecule has 5 nitrogen and oxygen atoms in total. The van der Waals surface area contributed by atoms with E-state index in [-0.39, 0.29) is 11.5 Å². The predicted molar refractivity (Wildman–Crippen MR) is 93.7 cm³/mol. The number of carbonyl (C=O) groups is 1. The van der Waals surface area contributed by atoms with E-state index in [1.807, 2.05) is 36.4 Å². The third kappa shape index (κ3) is 3.90. The molecule has 3 aromatic rings. The number of carbonyl (C=O) groups excluding carboxylic acids is 1. The molecule has 0 N–H and O–H groups in total. The van der Waals surface area contributed by atoms with Crippen LogP contribution in [0, 0.1) is 10.1 Å². The molecule has 0 radical (unpaired) electrons. The summed E-state index contributed by atoms with van der Waals surface area (Å²) < 4.78 is 5.88. The van der Waals surface area contributed by atoms with Gasteiger partial charge in [0.25, 0.3) is 5.69 Å². The summed E-state index contributed by atoms with van der Waals surface area (Å²) >= 11 is 0. The molecule has 0 heterocycles. The van der Waals surface area contributed by atoms with Crippen molar-refractivity contribution in [2.75, 3.05) is 0 Å². The Kier molecular flexibility index (Phi) is 4.85. The van der Waals surface area contributed by atoms with Crippen LogP contribution in [-0.4, -0.2) is 10.7 Å². The molecule has 0 unspecified atom stereocenters. The van der Waals surface area contributed by atoms with Crippen molar-refractivity contribution in [1.82, 2.24) is 0 Å². The Morgan fingerprint density at radius 2 is 1.40 bits per heavy atom. The van der Waals surface area contributed by atoms with Gasteiger partial charge in [0.1, 0.15) is 5.75 Å². The number of nitro benzene ring substituents is 1. The summed E-state index contributed by atoms with van der Waals surface area (Å²) in [7, 11) is 0. The molecule has 0 bridgehead atoms. The van der Waals surface area contributed by atoms with E-state index in [9.17, 15) is 14.9 Å². The number of rotatable bonds is 6. The molecule has 1 atom stereocenters. The third-order valence-electron chi connectivity index (χ3n) is 3.70. The van der Waals surface area contributed by atoms with Crippen molar-refractivity contribution in [2.45, 2.75) is 6.10 Å². The number of ether oxygens (including phenoxy) is 1. The molecule has 0 aliphatic rings. The molecule has 25 heavy (non-hydrogen) atoms. The molecule has 0 aliphatic carbocycles. The van der Waals surface area contributed by atoms with Crippen LogP contribution in [0.15, 0.2) is 84.9 Å². The van der Waals surface area contributed by atoms with Gasteiger partial charge in [0.15, 0.2) is 6.10 Å². The lowest BCUT2D eigenvalue weighted by Crippen LogP contribution is -2.19. The van der Waals surface area contributed by atoms with Gasteiger partial charge in [-0.3, -0.25) is 14.9 Å². The average molecular weight is 333 g/mol. The van der Waals surface area contributed by atoms with Crippen LogP contribution >= 0.6 is 0 Å². The molecule has 0 fully saturated rings. The lowest BCUT2D eigenvalue weighted by atomic mass is 10.00. The number of benzene rings is 3. The first kappa shape index (κ1) is 16.4. The van der Waals surface area contributed by atoms with Gasteiger partial charge in [-0.1, -0.05) is 60.7 Å². The zero-order valence-corrected chi connectivity index (χ0v) is 13.2. The Morgan fingerprint density at radius 3 is 1.96 bits per heavy atom. The number of hydrogen-bond donors (Lipinski definition) is 0.